The first-order valence-corrected chi connectivity index (χ1v) is 7.02. The Morgan fingerprint density at radius 1 is 1.45 bits per heavy atom. The molecule has 112 valence electrons. The van der Waals surface area contributed by atoms with Crippen LogP contribution in [0, 0.1) is 0 Å². The predicted molar refractivity (Wildman–Crippen MR) is 67.7 cm³/mol. The van der Waals surface area contributed by atoms with Crippen LogP contribution in [0.2, 0.25) is 0 Å². The van der Waals surface area contributed by atoms with Gasteiger partial charge >= 0.3 is 6.61 Å². The first kappa shape index (κ1) is 16.2. The minimum Gasteiger partial charge on any atom is -0.433 e. The van der Waals surface area contributed by atoms with Crippen molar-refractivity contribution in [2.45, 2.75) is 25.4 Å². The number of hydrogen-bond donors (Lipinski definition) is 1. The molecule has 9 heteroatoms. The summed E-state index contributed by atoms with van der Waals surface area (Å²) in [6, 6.07) is 3.44. The molecule has 0 atom stereocenters. The molecule has 6 nitrogen and oxygen atoms in total. The molecule has 20 heavy (non-hydrogen) atoms. The second kappa shape index (κ2) is 6.04. The number of sulfonamides is 1. The lowest BCUT2D eigenvalue weighted by Gasteiger charge is -2.20. The molecule has 0 radical (unpaired) electrons. The average molecular weight is 308 g/mol. The maximum Gasteiger partial charge on any atom is 0.387 e. The summed E-state index contributed by atoms with van der Waals surface area (Å²) in [5.74, 6) is -1.16. The molecule has 0 aliphatic heterocycles. The summed E-state index contributed by atoms with van der Waals surface area (Å²) >= 11 is 0. The molecule has 2 N–H and O–H groups in total. The van der Waals surface area contributed by atoms with E-state index in [0.717, 1.165) is 19.1 Å². The maximum absolute atomic E-state index is 12.2. The van der Waals surface area contributed by atoms with Gasteiger partial charge in [0.1, 0.15) is 10.6 Å². The van der Waals surface area contributed by atoms with E-state index in [1.165, 1.54) is 13.0 Å². The van der Waals surface area contributed by atoms with Gasteiger partial charge in [-0.3, -0.25) is 4.79 Å². The molecule has 0 fully saturated rings. The van der Waals surface area contributed by atoms with Crippen LogP contribution in [0.3, 0.4) is 0 Å². The van der Waals surface area contributed by atoms with Gasteiger partial charge in [0, 0.05) is 13.5 Å². The summed E-state index contributed by atoms with van der Waals surface area (Å²) < 4.78 is 53.6. The number of amides is 1. The summed E-state index contributed by atoms with van der Waals surface area (Å²) in [5, 5.41) is 0. The molecule has 0 spiro atoms. The number of rotatable bonds is 5. The highest BCUT2D eigenvalue weighted by atomic mass is 32.2. The van der Waals surface area contributed by atoms with Crippen molar-refractivity contribution in [3.05, 3.63) is 18.2 Å². The van der Waals surface area contributed by atoms with Gasteiger partial charge in [-0.2, -0.15) is 8.78 Å². The standard InChI is InChI=1S/C11H14F2N2O4S/c1-3-15(7(2)16)20(17,18)9-6-4-5-8(10(9)14)19-11(12)13/h4-6,11H,3,14H2,1-2H3. The zero-order valence-electron chi connectivity index (χ0n) is 10.8. The van der Waals surface area contributed by atoms with Crippen LogP contribution < -0.4 is 10.5 Å². The highest BCUT2D eigenvalue weighted by Gasteiger charge is 2.28. The van der Waals surface area contributed by atoms with E-state index in [9.17, 15) is 22.0 Å². The SMILES string of the molecule is CCN(C(C)=O)S(=O)(=O)c1cccc(OC(F)F)c1N. The summed E-state index contributed by atoms with van der Waals surface area (Å²) in [4.78, 5) is 10.9. The van der Waals surface area contributed by atoms with Gasteiger partial charge in [0.15, 0.2) is 0 Å². The number of para-hydroxylation sites is 1. The number of carbonyl (C=O) groups excluding carboxylic acids is 1. The van der Waals surface area contributed by atoms with E-state index in [-0.39, 0.29) is 6.54 Å². The second-order valence-electron chi connectivity index (χ2n) is 3.74. The van der Waals surface area contributed by atoms with E-state index in [2.05, 4.69) is 4.74 Å². The van der Waals surface area contributed by atoms with E-state index < -0.39 is 38.9 Å². The van der Waals surface area contributed by atoms with Crippen molar-refractivity contribution in [3.8, 4) is 5.75 Å². The van der Waals surface area contributed by atoms with Crippen molar-refractivity contribution < 1.29 is 26.7 Å². The fraction of sp³-hybridized carbons (Fsp3) is 0.364. The van der Waals surface area contributed by atoms with Crippen molar-refractivity contribution in [1.82, 2.24) is 4.31 Å². The number of hydrogen-bond acceptors (Lipinski definition) is 5. The third-order valence-electron chi connectivity index (χ3n) is 2.45. The first-order chi connectivity index (χ1) is 9.21. The second-order valence-corrected chi connectivity index (χ2v) is 5.57. The van der Waals surface area contributed by atoms with Gasteiger partial charge < -0.3 is 10.5 Å². The quantitative estimate of drug-likeness (QED) is 0.831. The Morgan fingerprint density at radius 3 is 2.50 bits per heavy atom. The average Bonchev–Trinajstić information content (AvgIpc) is 2.30. The number of carbonyl (C=O) groups is 1. The van der Waals surface area contributed by atoms with E-state index in [4.69, 9.17) is 5.73 Å². The Hall–Kier alpha value is -1.90. The van der Waals surface area contributed by atoms with Crippen LogP contribution in [0.15, 0.2) is 23.1 Å². The van der Waals surface area contributed by atoms with Gasteiger partial charge in [0.05, 0.1) is 5.69 Å². The van der Waals surface area contributed by atoms with Crippen molar-refractivity contribution in [2.75, 3.05) is 12.3 Å². The molecular weight excluding hydrogens is 294 g/mol. The molecule has 1 amide bonds. The lowest BCUT2D eigenvalue weighted by Crippen LogP contribution is -2.35. The molecule has 0 saturated carbocycles. The zero-order valence-corrected chi connectivity index (χ0v) is 11.7. The lowest BCUT2D eigenvalue weighted by atomic mass is 10.3. The Balaban J connectivity index is 3.36. The number of nitrogens with two attached hydrogens (primary N) is 1. The van der Waals surface area contributed by atoms with Crippen molar-refractivity contribution in [3.63, 3.8) is 0 Å². The monoisotopic (exact) mass is 308 g/mol. The molecule has 0 aliphatic rings. The molecule has 0 aromatic heterocycles. The van der Waals surface area contributed by atoms with Crippen LogP contribution in [0.5, 0.6) is 5.75 Å². The number of alkyl halides is 2. The Bertz CT molecular complexity index is 604. The summed E-state index contributed by atoms with van der Waals surface area (Å²) in [6.45, 7) is -0.687. The van der Waals surface area contributed by atoms with Crippen LogP contribution in [0.1, 0.15) is 13.8 Å². The van der Waals surface area contributed by atoms with Gasteiger partial charge in [-0.05, 0) is 19.1 Å². The van der Waals surface area contributed by atoms with Crippen LogP contribution >= 0.6 is 0 Å². The van der Waals surface area contributed by atoms with Crippen molar-refractivity contribution in [2.24, 2.45) is 0 Å². The third kappa shape index (κ3) is 3.16. The molecule has 1 aromatic carbocycles. The number of anilines is 1. The number of halogens is 2. The molecule has 0 unspecified atom stereocenters. The van der Waals surface area contributed by atoms with Crippen LogP contribution in [-0.2, 0) is 14.8 Å². The molecule has 0 saturated heterocycles. The van der Waals surface area contributed by atoms with Crippen LogP contribution in [0.4, 0.5) is 14.5 Å². The van der Waals surface area contributed by atoms with Crippen LogP contribution in [-0.4, -0.2) is 31.8 Å². The van der Waals surface area contributed by atoms with E-state index in [1.807, 2.05) is 0 Å². The molecular formula is C11H14F2N2O4S. The summed E-state index contributed by atoms with van der Waals surface area (Å²) in [6.07, 6.45) is 0. The maximum atomic E-state index is 12.2. The van der Waals surface area contributed by atoms with Crippen molar-refractivity contribution >= 4 is 21.6 Å². The number of nitrogen functional groups attached to an aromatic ring is 1. The minimum atomic E-state index is -4.21. The number of benzene rings is 1. The normalized spacial score (nSPS) is 11.4. The summed E-state index contributed by atoms with van der Waals surface area (Å²) in [7, 11) is -4.21. The van der Waals surface area contributed by atoms with Gasteiger partial charge in [0.25, 0.3) is 10.0 Å². The largest absolute Gasteiger partial charge is 0.433 e. The first-order valence-electron chi connectivity index (χ1n) is 5.58. The van der Waals surface area contributed by atoms with Gasteiger partial charge in [-0.15, -0.1) is 0 Å². The van der Waals surface area contributed by atoms with E-state index in [0.29, 0.717) is 4.31 Å². The Morgan fingerprint density at radius 2 is 2.05 bits per heavy atom. The van der Waals surface area contributed by atoms with E-state index in [1.54, 1.807) is 0 Å². The van der Waals surface area contributed by atoms with Gasteiger partial charge in [0.2, 0.25) is 5.91 Å². The predicted octanol–water partition coefficient (Wildman–Crippen LogP) is 1.43. The molecule has 0 heterocycles. The molecule has 0 aliphatic carbocycles. The topological polar surface area (TPSA) is 89.7 Å². The molecule has 0 bridgehead atoms. The smallest absolute Gasteiger partial charge is 0.387 e. The Labute approximate surface area is 115 Å². The van der Waals surface area contributed by atoms with Gasteiger partial charge in [-0.1, -0.05) is 6.07 Å². The minimum absolute atomic E-state index is 0.100. The molecule has 1 aromatic rings. The van der Waals surface area contributed by atoms with Gasteiger partial charge in [-0.25, -0.2) is 12.7 Å². The fourth-order valence-corrected chi connectivity index (χ4v) is 3.17. The third-order valence-corrected chi connectivity index (χ3v) is 4.46. The highest BCUT2D eigenvalue weighted by Crippen LogP contribution is 2.31. The molecule has 1 rings (SSSR count). The lowest BCUT2D eigenvalue weighted by molar-refractivity contribution is -0.124. The highest BCUT2D eigenvalue weighted by molar-refractivity contribution is 7.89. The number of nitrogens with zero attached hydrogens (tertiary/aromatic N) is 1. The van der Waals surface area contributed by atoms with Crippen molar-refractivity contribution in [1.29, 1.82) is 0 Å². The zero-order chi connectivity index (χ0) is 15.5. The fourth-order valence-electron chi connectivity index (χ4n) is 1.63. The number of ether oxygens (including phenoxy) is 1. The summed E-state index contributed by atoms with van der Waals surface area (Å²) in [5.41, 5.74) is 5.07. The van der Waals surface area contributed by atoms with Crippen LogP contribution in [0.25, 0.3) is 0 Å². The van der Waals surface area contributed by atoms with E-state index >= 15 is 0 Å². The Kier molecular flexibility index (Phi) is 4.88.